The molecule has 7 heteroatoms. The Morgan fingerprint density at radius 1 is 1.35 bits per heavy atom. The summed E-state index contributed by atoms with van der Waals surface area (Å²) >= 11 is 8.15. The molecule has 0 unspecified atom stereocenters. The SMILES string of the molecule is Cn1cc(I)c(-c2nnc(Cc3cccc(Cl)c3)o2)n1. The Hall–Kier alpha value is -1.41. The molecule has 0 aliphatic heterocycles. The van der Waals surface area contributed by atoms with Gasteiger partial charge in [-0.2, -0.15) is 5.10 Å². The highest BCUT2D eigenvalue weighted by Gasteiger charge is 2.15. The maximum atomic E-state index is 5.96. The molecule has 20 heavy (non-hydrogen) atoms. The number of halogens is 2. The van der Waals surface area contributed by atoms with E-state index >= 15 is 0 Å². The van der Waals surface area contributed by atoms with Gasteiger partial charge in [-0.15, -0.1) is 10.2 Å². The number of rotatable bonds is 3. The van der Waals surface area contributed by atoms with E-state index in [1.165, 1.54) is 0 Å². The maximum absolute atomic E-state index is 5.96. The zero-order valence-corrected chi connectivity index (χ0v) is 13.5. The molecule has 1 aromatic carbocycles. The Balaban J connectivity index is 1.85. The number of benzene rings is 1. The van der Waals surface area contributed by atoms with E-state index in [-0.39, 0.29) is 0 Å². The first-order valence-electron chi connectivity index (χ1n) is 5.88. The van der Waals surface area contributed by atoms with Crippen molar-refractivity contribution in [2.24, 2.45) is 7.05 Å². The van der Waals surface area contributed by atoms with Gasteiger partial charge in [-0.25, -0.2) is 0 Å². The average molecular weight is 401 g/mol. The molecule has 0 bridgehead atoms. The molecular formula is C13H10ClIN4O. The van der Waals surface area contributed by atoms with E-state index in [4.69, 9.17) is 16.0 Å². The van der Waals surface area contributed by atoms with Crippen LogP contribution in [-0.4, -0.2) is 20.0 Å². The van der Waals surface area contributed by atoms with Crippen LogP contribution >= 0.6 is 34.2 Å². The molecule has 0 atom stereocenters. The van der Waals surface area contributed by atoms with Crippen molar-refractivity contribution in [2.75, 3.05) is 0 Å². The molecular weight excluding hydrogens is 391 g/mol. The zero-order chi connectivity index (χ0) is 14.1. The van der Waals surface area contributed by atoms with Gasteiger partial charge in [0.15, 0.2) is 5.69 Å². The fourth-order valence-electron chi connectivity index (χ4n) is 1.85. The predicted molar refractivity (Wildman–Crippen MR) is 83.5 cm³/mol. The first-order valence-corrected chi connectivity index (χ1v) is 7.34. The van der Waals surface area contributed by atoms with Crippen molar-refractivity contribution in [1.82, 2.24) is 20.0 Å². The van der Waals surface area contributed by atoms with E-state index in [2.05, 4.69) is 37.9 Å². The Bertz CT molecular complexity index is 752. The Kier molecular flexibility index (Phi) is 3.75. The molecule has 3 aromatic rings. The molecule has 0 N–H and O–H groups in total. The topological polar surface area (TPSA) is 56.7 Å². The summed E-state index contributed by atoms with van der Waals surface area (Å²) in [5.74, 6) is 0.982. The van der Waals surface area contributed by atoms with Crippen molar-refractivity contribution < 1.29 is 4.42 Å². The second-order valence-corrected chi connectivity index (χ2v) is 5.91. The summed E-state index contributed by atoms with van der Waals surface area (Å²) in [6.45, 7) is 0. The van der Waals surface area contributed by atoms with Crippen LogP contribution in [0.2, 0.25) is 5.02 Å². The van der Waals surface area contributed by atoms with Crippen molar-refractivity contribution in [3.8, 4) is 11.6 Å². The quantitative estimate of drug-likeness (QED) is 0.633. The molecule has 0 amide bonds. The van der Waals surface area contributed by atoms with Crippen LogP contribution in [0.25, 0.3) is 11.6 Å². The molecule has 0 aliphatic rings. The predicted octanol–water partition coefficient (Wildman–Crippen LogP) is 3.32. The van der Waals surface area contributed by atoms with E-state index in [1.807, 2.05) is 37.5 Å². The molecule has 102 valence electrons. The van der Waals surface area contributed by atoms with Gasteiger partial charge in [-0.3, -0.25) is 4.68 Å². The van der Waals surface area contributed by atoms with Crippen molar-refractivity contribution in [3.63, 3.8) is 0 Å². The van der Waals surface area contributed by atoms with E-state index < -0.39 is 0 Å². The van der Waals surface area contributed by atoms with Crippen LogP contribution in [0.3, 0.4) is 0 Å². The van der Waals surface area contributed by atoms with Crippen molar-refractivity contribution in [2.45, 2.75) is 6.42 Å². The molecule has 0 saturated heterocycles. The van der Waals surface area contributed by atoms with Gasteiger partial charge in [-0.1, -0.05) is 23.7 Å². The van der Waals surface area contributed by atoms with E-state index in [0.29, 0.717) is 28.9 Å². The van der Waals surface area contributed by atoms with Crippen LogP contribution in [0.15, 0.2) is 34.9 Å². The van der Waals surface area contributed by atoms with Crippen LogP contribution < -0.4 is 0 Å². The summed E-state index contributed by atoms with van der Waals surface area (Å²) < 4.78 is 8.36. The monoisotopic (exact) mass is 400 g/mol. The van der Waals surface area contributed by atoms with Crippen LogP contribution in [0.4, 0.5) is 0 Å². The molecule has 3 rings (SSSR count). The summed E-state index contributed by atoms with van der Waals surface area (Å²) in [5, 5.41) is 13.1. The van der Waals surface area contributed by atoms with Crippen LogP contribution in [-0.2, 0) is 13.5 Å². The minimum absolute atomic E-state index is 0.437. The molecule has 5 nitrogen and oxygen atoms in total. The normalized spacial score (nSPS) is 10.9. The summed E-state index contributed by atoms with van der Waals surface area (Å²) in [4.78, 5) is 0. The molecule has 0 spiro atoms. The Labute approximate surface area is 134 Å². The van der Waals surface area contributed by atoms with Crippen LogP contribution in [0.5, 0.6) is 0 Å². The lowest BCUT2D eigenvalue weighted by atomic mass is 10.1. The Morgan fingerprint density at radius 3 is 2.90 bits per heavy atom. The highest BCUT2D eigenvalue weighted by Crippen LogP contribution is 2.23. The first-order chi connectivity index (χ1) is 9.61. The van der Waals surface area contributed by atoms with Gasteiger partial charge in [-0.05, 0) is 40.3 Å². The second kappa shape index (κ2) is 5.53. The third kappa shape index (κ3) is 2.85. The molecule has 0 radical (unpaired) electrons. The zero-order valence-electron chi connectivity index (χ0n) is 10.5. The average Bonchev–Trinajstić information content (AvgIpc) is 2.96. The lowest BCUT2D eigenvalue weighted by Crippen LogP contribution is -1.88. The van der Waals surface area contributed by atoms with E-state index in [9.17, 15) is 0 Å². The first kappa shape index (κ1) is 13.6. The van der Waals surface area contributed by atoms with Crippen molar-refractivity contribution in [3.05, 3.63) is 50.5 Å². The maximum Gasteiger partial charge on any atom is 0.269 e. The summed E-state index contributed by atoms with van der Waals surface area (Å²) in [6, 6.07) is 7.59. The fourth-order valence-corrected chi connectivity index (χ4v) is 2.80. The Morgan fingerprint density at radius 2 is 2.20 bits per heavy atom. The van der Waals surface area contributed by atoms with E-state index in [0.717, 1.165) is 9.13 Å². The number of hydrogen-bond acceptors (Lipinski definition) is 4. The minimum Gasteiger partial charge on any atom is -0.419 e. The number of hydrogen-bond donors (Lipinski definition) is 0. The van der Waals surface area contributed by atoms with E-state index in [1.54, 1.807) is 4.68 Å². The van der Waals surface area contributed by atoms with Gasteiger partial charge in [0.05, 0.1) is 9.99 Å². The minimum atomic E-state index is 0.437. The van der Waals surface area contributed by atoms with Crippen LogP contribution in [0, 0.1) is 3.57 Å². The van der Waals surface area contributed by atoms with Gasteiger partial charge in [0, 0.05) is 18.3 Å². The molecule has 0 aliphatic carbocycles. The van der Waals surface area contributed by atoms with Gasteiger partial charge in [0.2, 0.25) is 5.89 Å². The number of aryl methyl sites for hydroxylation is 1. The largest absolute Gasteiger partial charge is 0.419 e. The highest BCUT2D eigenvalue weighted by atomic mass is 127. The highest BCUT2D eigenvalue weighted by molar-refractivity contribution is 14.1. The standard InChI is InChI=1S/C13H10ClIN4O/c1-19-7-10(15)12(18-19)13-17-16-11(20-13)6-8-3-2-4-9(14)5-8/h2-5,7H,6H2,1H3. The molecule has 0 saturated carbocycles. The fraction of sp³-hybridized carbons (Fsp3) is 0.154. The summed E-state index contributed by atoms with van der Waals surface area (Å²) in [7, 11) is 1.86. The van der Waals surface area contributed by atoms with Gasteiger partial charge in [0.25, 0.3) is 5.89 Å². The van der Waals surface area contributed by atoms with Crippen molar-refractivity contribution >= 4 is 34.2 Å². The molecule has 2 heterocycles. The third-order valence-electron chi connectivity index (χ3n) is 2.70. The second-order valence-electron chi connectivity index (χ2n) is 4.31. The summed E-state index contributed by atoms with van der Waals surface area (Å²) in [6.07, 6.45) is 2.45. The van der Waals surface area contributed by atoms with Crippen LogP contribution in [0.1, 0.15) is 11.5 Å². The number of aromatic nitrogens is 4. The lowest BCUT2D eigenvalue weighted by molar-refractivity contribution is 0.515. The smallest absolute Gasteiger partial charge is 0.269 e. The molecule has 0 fully saturated rings. The molecule has 2 aromatic heterocycles. The van der Waals surface area contributed by atoms with Crippen molar-refractivity contribution in [1.29, 1.82) is 0 Å². The van der Waals surface area contributed by atoms with Gasteiger partial charge < -0.3 is 4.42 Å². The van der Waals surface area contributed by atoms with Gasteiger partial charge in [0.1, 0.15) is 0 Å². The number of nitrogens with zero attached hydrogens (tertiary/aromatic N) is 4. The summed E-state index contributed by atoms with van der Waals surface area (Å²) in [5.41, 5.74) is 1.74. The lowest BCUT2D eigenvalue weighted by Gasteiger charge is -1.97. The van der Waals surface area contributed by atoms with Gasteiger partial charge >= 0.3 is 0 Å². The third-order valence-corrected chi connectivity index (χ3v) is 3.72.